The van der Waals surface area contributed by atoms with Gasteiger partial charge in [0.25, 0.3) is 5.91 Å². The van der Waals surface area contributed by atoms with Crippen molar-refractivity contribution < 1.29 is 14.7 Å². The van der Waals surface area contributed by atoms with E-state index < -0.39 is 6.04 Å². The molecule has 2 aromatic carbocycles. The molecule has 0 saturated carbocycles. The van der Waals surface area contributed by atoms with E-state index in [2.05, 4.69) is 15.6 Å². The first-order valence-electron chi connectivity index (χ1n) is 10.8. The van der Waals surface area contributed by atoms with E-state index in [-0.39, 0.29) is 23.5 Å². The molecule has 33 heavy (non-hydrogen) atoms. The number of carbonyl (C=O) groups is 2. The quantitative estimate of drug-likeness (QED) is 0.370. The second-order valence-corrected chi connectivity index (χ2v) is 9.18. The summed E-state index contributed by atoms with van der Waals surface area (Å²) in [5, 5.41) is 16.0. The van der Waals surface area contributed by atoms with Crippen molar-refractivity contribution in [2.24, 2.45) is 5.92 Å². The lowest BCUT2D eigenvalue weighted by molar-refractivity contribution is -0.123. The van der Waals surface area contributed by atoms with E-state index >= 15 is 0 Å². The smallest absolute Gasteiger partial charge is 0.251 e. The lowest BCUT2D eigenvalue weighted by Gasteiger charge is -2.22. The molecule has 7 nitrogen and oxygen atoms in total. The lowest BCUT2D eigenvalue weighted by atomic mass is 10.0. The Hall–Kier alpha value is -3.65. The Bertz CT molecular complexity index is 1250. The summed E-state index contributed by atoms with van der Waals surface area (Å²) >= 11 is 1.50. The van der Waals surface area contributed by atoms with Gasteiger partial charge in [-0.25, -0.2) is 4.98 Å². The third-order valence-electron chi connectivity index (χ3n) is 5.35. The SMILES string of the molecule is CC(C)[C@@H](NC(=O)c1ccc2nc(-n3cccc3)sc2c1)C(=O)NCCc1ccc(O)cc1. The maximum Gasteiger partial charge on any atom is 0.251 e. The summed E-state index contributed by atoms with van der Waals surface area (Å²) < 4.78 is 2.84. The molecule has 1 atom stereocenters. The number of rotatable bonds is 8. The van der Waals surface area contributed by atoms with Gasteiger partial charge in [-0.05, 0) is 60.4 Å². The van der Waals surface area contributed by atoms with Crippen molar-refractivity contribution in [2.45, 2.75) is 26.3 Å². The zero-order chi connectivity index (χ0) is 23.4. The molecule has 0 unspecified atom stereocenters. The molecule has 0 saturated heterocycles. The molecule has 4 aromatic rings. The summed E-state index contributed by atoms with van der Waals surface area (Å²) in [7, 11) is 0. The van der Waals surface area contributed by atoms with Crippen LogP contribution in [0, 0.1) is 5.92 Å². The van der Waals surface area contributed by atoms with Crippen LogP contribution >= 0.6 is 11.3 Å². The van der Waals surface area contributed by atoms with Crippen LogP contribution < -0.4 is 10.6 Å². The lowest BCUT2D eigenvalue weighted by Crippen LogP contribution is -2.50. The monoisotopic (exact) mass is 462 g/mol. The fourth-order valence-corrected chi connectivity index (χ4v) is 4.46. The summed E-state index contributed by atoms with van der Waals surface area (Å²) in [5.74, 6) is -0.371. The number of aromatic hydroxyl groups is 1. The maximum absolute atomic E-state index is 12.9. The summed E-state index contributed by atoms with van der Waals surface area (Å²) in [6.45, 7) is 4.25. The molecule has 0 aliphatic carbocycles. The highest BCUT2D eigenvalue weighted by Gasteiger charge is 2.24. The van der Waals surface area contributed by atoms with E-state index in [1.807, 2.05) is 67.2 Å². The second kappa shape index (κ2) is 9.87. The normalized spacial score (nSPS) is 12.1. The van der Waals surface area contributed by atoms with Gasteiger partial charge < -0.3 is 20.3 Å². The van der Waals surface area contributed by atoms with Crippen LogP contribution in [-0.4, -0.2) is 39.1 Å². The number of carbonyl (C=O) groups excluding carboxylic acids is 2. The molecular weight excluding hydrogens is 436 g/mol. The highest BCUT2D eigenvalue weighted by molar-refractivity contribution is 7.20. The number of amides is 2. The molecule has 0 fully saturated rings. The van der Waals surface area contributed by atoms with Crippen molar-refractivity contribution >= 4 is 33.4 Å². The Morgan fingerprint density at radius 3 is 2.52 bits per heavy atom. The molecule has 0 radical (unpaired) electrons. The van der Waals surface area contributed by atoms with Crippen LogP contribution in [0.25, 0.3) is 15.3 Å². The highest BCUT2D eigenvalue weighted by atomic mass is 32.1. The van der Waals surface area contributed by atoms with Crippen LogP contribution in [0.5, 0.6) is 5.75 Å². The summed E-state index contributed by atoms with van der Waals surface area (Å²) in [6.07, 6.45) is 4.49. The molecule has 0 bridgehead atoms. The molecule has 0 aliphatic rings. The van der Waals surface area contributed by atoms with E-state index in [0.29, 0.717) is 18.5 Å². The van der Waals surface area contributed by atoms with E-state index in [9.17, 15) is 14.7 Å². The number of thiazole rings is 1. The standard InChI is InChI=1S/C25H26N4O3S/c1-16(2)22(24(32)26-12-11-17-5-8-19(30)9-6-17)28-23(31)18-7-10-20-21(15-18)33-25(27-20)29-13-3-4-14-29/h3-10,13-16,22,30H,11-12H2,1-2H3,(H,26,32)(H,28,31)/t22-/m1/s1. The van der Waals surface area contributed by atoms with Gasteiger partial charge in [0.15, 0.2) is 5.13 Å². The van der Waals surface area contributed by atoms with Crippen LogP contribution in [0.4, 0.5) is 0 Å². The molecule has 4 rings (SSSR count). The number of nitrogens with one attached hydrogen (secondary N) is 2. The second-order valence-electron chi connectivity index (χ2n) is 8.17. The number of fused-ring (bicyclic) bond motifs is 1. The molecule has 8 heteroatoms. The first-order valence-corrected chi connectivity index (χ1v) is 11.6. The number of aromatic nitrogens is 2. The summed E-state index contributed by atoms with van der Waals surface area (Å²) in [5.41, 5.74) is 2.33. The predicted molar refractivity (Wildman–Crippen MR) is 130 cm³/mol. The molecule has 2 aromatic heterocycles. The van der Waals surface area contributed by atoms with Gasteiger partial charge in [-0.2, -0.15) is 0 Å². The predicted octanol–water partition coefficient (Wildman–Crippen LogP) is 3.91. The zero-order valence-corrected chi connectivity index (χ0v) is 19.3. The molecule has 2 heterocycles. The number of hydrogen-bond acceptors (Lipinski definition) is 5. The Morgan fingerprint density at radius 2 is 1.82 bits per heavy atom. The molecule has 3 N–H and O–H groups in total. The Kier molecular flexibility index (Phi) is 6.74. The minimum absolute atomic E-state index is 0.0740. The molecule has 0 spiro atoms. The van der Waals surface area contributed by atoms with Crippen molar-refractivity contribution in [3.63, 3.8) is 0 Å². The van der Waals surface area contributed by atoms with Gasteiger partial charge in [-0.1, -0.05) is 37.3 Å². The fourth-order valence-electron chi connectivity index (χ4n) is 3.49. The minimum atomic E-state index is -0.648. The van der Waals surface area contributed by atoms with Gasteiger partial charge in [0.05, 0.1) is 10.2 Å². The van der Waals surface area contributed by atoms with Crippen molar-refractivity contribution in [3.8, 4) is 10.9 Å². The van der Waals surface area contributed by atoms with Crippen LogP contribution in [0.1, 0.15) is 29.8 Å². The molecule has 170 valence electrons. The van der Waals surface area contributed by atoms with Gasteiger partial charge >= 0.3 is 0 Å². The number of benzene rings is 2. The number of nitrogens with zero attached hydrogens (tertiary/aromatic N) is 2. The Labute approximate surface area is 196 Å². The average molecular weight is 463 g/mol. The van der Waals surface area contributed by atoms with Gasteiger partial charge in [-0.3, -0.25) is 9.59 Å². The molecular formula is C25H26N4O3S. The number of hydrogen-bond donors (Lipinski definition) is 3. The third-order valence-corrected chi connectivity index (χ3v) is 6.38. The van der Waals surface area contributed by atoms with Crippen LogP contribution in [0.3, 0.4) is 0 Å². The van der Waals surface area contributed by atoms with Crippen molar-refractivity contribution in [1.82, 2.24) is 20.2 Å². The van der Waals surface area contributed by atoms with Gasteiger partial charge in [0, 0.05) is 24.5 Å². The number of phenolic OH excluding ortho intramolecular Hbond substituents is 1. The topological polar surface area (TPSA) is 96.2 Å². The third kappa shape index (κ3) is 5.40. The first kappa shape index (κ1) is 22.5. The Balaban J connectivity index is 1.40. The minimum Gasteiger partial charge on any atom is -0.508 e. The van der Waals surface area contributed by atoms with E-state index in [0.717, 1.165) is 20.9 Å². The number of phenols is 1. The highest BCUT2D eigenvalue weighted by Crippen LogP contribution is 2.26. The summed E-state index contributed by atoms with van der Waals surface area (Å²) in [6, 6.07) is 15.5. The van der Waals surface area contributed by atoms with Crippen LogP contribution in [-0.2, 0) is 11.2 Å². The van der Waals surface area contributed by atoms with Crippen LogP contribution in [0.2, 0.25) is 0 Å². The van der Waals surface area contributed by atoms with Gasteiger partial charge in [0.1, 0.15) is 11.8 Å². The van der Waals surface area contributed by atoms with Gasteiger partial charge in [0.2, 0.25) is 5.91 Å². The Morgan fingerprint density at radius 1 is 1.09 bits per heavy atom. The van der Waals surface area contributed by atoms with E-state index in [4.69, 9.17) is 0 Å². The van der Waals surface area contributed by atoms with E-state index in [1.54, 1.807) is 18.2 Å². The molecule has 2 amide bonds. The molecule has 0 aliphatic heterocycles. The fraction of sp³-hybridized carbons (Fsp3) is 0.240. The maximum atomic E-state index is 12.9. The van der Waals surface area contributed by atoms with Crippen molar-refractivity contribution in [1.29, 1.82) is 0 Å². The van der Waals surface area contributed by atoms with Crippen LogP contribution in [0.15, 0.2) is 67.0 Å². The van der Waals surface area contributed by atoms with Crippen molar-refractivity contribution in [2.75, 3.05) is 6.54 Å². The van der Waals surface area contributed by atoms with E-state index in [1.165, 1.54) is 11.3 Å². The largest absolute Gasteiger partial charge is 0.508 e. The van der Waals surface area contributed by atoms with Gasteiger partial charge in [-0.15, -0.1) is 0 Å². The zero-order valence-electron chi connectivity index (χ0n) is 18.5. The average Bonchev–Trinajstić information content (AvgIpc) is 3.47. The van der Waals surface area contributed by atoms with Crippen molar-refractivity contribution in [3.05, 3.63) is 78.1 Å². The first-order chi connectivity index (χ1) is 15.9. The summed E-state index contributed by atoms with van der Waals surface area (Å²) in [4.78, 5) is 30.3.